The standard InChI is InChI=1S/C29H36FN3O4/c1-20(2)33-14-7-10-22(18-33)31-29(34)25-17-27(36-16-8-15-35-3)23-11-6-13-26(28(23)32-25)37-19-21-9-4-5-12-24(21)30/h4-6,9,11-13,17,20,22H,7-8,10,14-16,18-19H2,1-3H3,(H,31,34)/t22-/m1/s1. The number of nitrogens with zero attached hydrogens (tertiary/aromatic N) is 2. The Hall–Kier alpha value is -3.23. The summed E-state index contributed by atoms with van der Waals surface area (Å²) in [6.45, 7) is 7.24. The van der Waals surface area contributed by atoms with Crippen molar-refractivity contribution in [1.82, 2.24) is 15.2 Å². The van der Waals surface area contributed by atoms with Crippen molar-refractivity contribution < 1.29 is 23.4 Å². The number of halogens is 1. The first-order chi connectivity index (χ1) is 18.0. The minimum absolute atomic E-state index is 0.0427. The number of aromatic nitrogens is 1. The second kappa shape index (κ2) is 12.8. The Bertz CT molecular complexity index is 1200. The summed E-state index contributed by atoms with van der Waals surface area (Å²) in [6.07, 6.45) is 2.68. The third kappa shape index (κ3) is 6.96. The third-order valence-electron chi connectivity index (χ3n) is 6.61. The van der Waals surface area contributed by atoms with Crippen LogP contribution in [0, 0.1) is 5.82 Å². The van der Waals surface area contributed by atoms with Gasteiger partial charge in [-0.25, -0.2) is 9.37 Å². The molecule has 0 radical (unpaired) electrons. The Kier molecular flexibility index (Phi) is 9.30. The molecule has 1 atom stereocenters. The van der Waals surface area contributed by atoms with E-state index >= 15 is 0 Å². The summed E-state index contributed by atoms with van der Waals surface area (Å²) in [5, 5.41) is 3.89. The van der Waals surface area contributed by atoms with Crippen molar-refractivity contribution in [2.24, 2.45) is 0 Å². The fourth-order valence-electron chi connectivity index (χ4n) is 4.55. The number of nitrogens with one attached hydrogen (secondary N) is 1. The molecular formula is C29H36FN3O4. The summed E-state index contributed by atoms with van der Waals surface area (Å²) in [6, 6.07) is 14.2. The van der Waals surface area contributed by atoms with E-state index in [2.05, 4.69) is 29.0 Å². The van der Waals surface area contributed by atoms with Crippen LogP contribution < -0.4 is 14.8 Å². The number of carbonyl (C=O) groups is 1. The van der Waals surface area contributed by atoms with E-state index in [1.807, 2.05) is 12.1 Å². The van der Waals surface area contributed by atoms with Crippen molar-refractivity contribution in [3.63, 3.8) is 0 Å². The monoisotopic (exact) mass is 509 g/mol. The van der Waals surface area contributed by atoms with Gasteiger partial charge in [0.05, 0.1) is 6.61 Å². The van der Waals surface area contributed by atoms with Crippen LogP contribution in [0.3, 0.4) is 0 Å². The van der Waals surface area contributed by atoms with Gasteiger partial charge in [0.2, 0.25) is 0 Å². The number of para-hydroxylation sites is 1. The lowest BCUT2D eigenvalue weighted by Crippen LogP contribution is -2.49. The van der Waals surface area contributed by atoms with Gasteiger partial charge in [0.15, 0.2) is 0 Å². The molecule has 1 fully saturated rings. The molecule has 0 spiro atoms. The minimum Gasteiger partial charge on any atom is -0.493 e. The number of amides is 1. The molecule has 198 valence electrons. The van der Waals surface area contributed by atoms with Gasteiger partial charge in [0.1, 0.15) is 35.1 Å². The van der Waals surface area contributed by atoms with E-state index in [1.165, 1.54) is 6.07 Å². The maximum absolute atomic E-state index is 14.2. The number of likely N-dealkylation sites (tertiary alicyclic amines) is 1. The summed E-state index contributed by atoms with van der Waals surface area (Å²) >= 11 is 0. The van der Waals surface area contributed by atoms with Crippen LogP contribution in [0.25, 0.3) is 10.9 Å². The molecule has 1 aromatic heterocycles. The van der Waals surface area contributed by atoms with Gasteiger partial charge in [0.25, 0.3) is 5.91 Å². The van der Waals surface area contributed by atoms with Crippen LogP contribution in [0.5, 0.6) is 11.5 Å². The molecule has 7 nitrogen and oxygen atoms in total. The quantitative estimate of drug-likeness (QED) is 0.368. The second-order valence-electron chi connectivity index (χ2n) is 9.63. The number of fused-ring (bicyclic) bond motifs is 1. The van der Waals surface area contributed by atoms with Gasteiger partial charge in [-0.1, -0.05) is 24.3 Å². The number of rotatable bonds is 11. The topological polar surface area (TPSA) is 72.9 Å². The van der Waals surface area contributed by atoms with Gasteiger partial charge in [-0.15, -0.1) is 0 Å². The zero-order chi connectivity index (χ0) is 26.2. The lowest BCUT2D eigenvalue weighted by Gasteiger charge is -2.35. The van der Waals surface area contributed by atoms with Crippen molar-refractivity contribution in [3.8, 4) is 11.5 Å². The molecule has 0 unspecified atom stereocenters. The lowest BCUT2D eigenvalue weighted by molar-refractivity contribution is 0.0881. The third-order valence-corrected chi connectivity index (χ3v) is 6.61. The fourth-order valence-corrected chi connectivity index (χ4v) is 4.55. The van der Waals surface area contributed by atoms with Gasteiger partial charge in [-0.3, -0.25) is 9.69 Å². The summed E-state index contributed by atoms with van der Waals surface area (Å²) < 4.78 is 31.3. The first-order valence-electron chi connectivity index (χ1n) is 12.9. The summed E-state index contributed by atoms with van der Waals surface area (Å²) in [5.41, 5.74) is 1.20. The summed E-state index contributed by atoms with van der Waals surface area (Å²) in [5.74, 6) is 0.430. The molecular weight excluding hydrogens is 473 g/mol. The van der Waals surface area contributed by atoms with E-state index < -0.39 is 0 Å². The maximum atomic E-state index is 14.2. The molecule has 8 heteroatoms. The van der Waals surface area contributed by atoms with Crippen molar-refractivity contribution in [1.29, 1.82) is 0 Å². The zero-order valence-electron chi connectivity index (χ0n) is 21.8. The molecule has 3 aromatic rings. The van der Waals surface area contributed by atoms with E-state index in [0.717, 1.165) is 31.3 Å². The smallest absolute Gasteiger partial charge is 0.270 e. The molecule has 2 heterocycles. The van der Waals surface area contributed by atoms with Gasteiger partial charge in [-0.05, 0) is 51.4 Å². The molecule has 1 aliphatic rings. The molecule has 0 saturated carbocycles. The highest BCUT2D eigenvalue weighted by Gasteiger charge is 2.24. The van der Waals surface area contributed by atoms with Crippen LogP contribution in [-0.4, -0.2) is 61.3 Å². The van der Waals surface area contributed by atoms with Gasteiger partial charge >= 0.3 is 0 Å². The molecule has 4 rings (SSSR count). The molecule has 1 saturated heterocycles. The van der Waals surface area contributed by atoms with Crippen molar-refractivity contribution in [3.05, 3.63) is 65.6 Å². The van der Waals surface area contributed by atoms with Crippen LogP contribution in [0.1, 0.15) is 49.2 Å². The Labute approximate surface area is 217 Å². The number of carbonyl (C=O) groups excluding carboxylic acids is 1. The first kappa shape index (κ1) is 26.8. The SMILES string of the molecule is COCCCOc1cc(C(=O)N[C@@H]2CCCN(C(C)C)C2)nc2c(OCc3ccccc3F)cccc12. The first-order valence-corrected chi connectivity index (χ1v) is 12.9. The van der Waals surface area contributed by atoms with E-state index in [9.17, 15) is 9.18 Å². The fraction of sp³-hybridized carbons (Fsp3) is 0.448. The average Bonchev–Trinajstić information content (AvgIpc) is 2.90. The van der Waals surface area contributed by atoms with Crippen LogP contribution in [0.15, 0.2) is 48.5 Å². The highest BCUT2D eigenvalue weighted by Crippen LogP contribution is 2.32. The Morgan fingerprint density at radius 1 is 1.14 bits per heavy atom. The largest absolute Gasteiger partial charge is 0.493 e. The number of piperidine rings is 1. The number of hydrogen-bond acceptors (Lipinski definition) is 6. The number of benzene rings is 2. The predicted octanol–water partition coefficient (Wildman–Crippen LogP) is 4.97. The van der Waals surface area contributed by atoms with Gasteiger partial charge in [-0.2, -0.15) is 0 Å². The van der Waals surface area contributed by atoms with Crippen molar-refractivity contribution in [2.75, 3.05) is 33.4 Å². The van der Waals surface area contributed by atoms with E-state index in [-0.39, 0.29) is 30.1 Å². The number of pyridine rings is 1. The zero-order valence-corrected chi connectivity index (χ0v) is 21.8. The van der Waals surface area contributed by atoms with Crippen LogP contribution >= 0.6 is 0 Å². The molecule has 0 aliphatic carbocycles. The Morgan fingerprint density at radius 2 is 1.97 bits per heavy atom. The molecule has 1 aliphatic heterocycles. The van der Waals surface area contributed by atoms with Crippen molar-refractivity contribution in [2.45, 2.75) is 51.8 Å². The number of ether oxygens (including phenoxy) is 3. The van der Waals surface area contributed by atoms with E-state index in [4.69, 9.17) is 14.2 Å². The van der Waals surface area contributed by atoms with Crippen LogP contribution in [0.4, 0.5) is 4.39 Å². The van der Waals surface area contributed by atoms with E-state index in [1.54, 1.807) is 37.4 Å². The lowest BCUT2D eigenvalue weighted by atomic mass is 10.0. The van der Waals surface area contributed by atoms with Gasteiger partial charge in [0, 0.05) is 55.8 Å². The summed E-state index contributed by atoms with van der Waals surface area (Å²) in [7, 11) is 1.65. The van der Waals surface area contributed by atoms with Crippen molar-refractivity contribution >= 4 is 16.8 Å². The average molecular weight is 510 g/mol. The highest BCUT2D eigenvalue weighted by atomic mass is 19.1. The second-order valence-corrected chi connectivity index (χ2v) is 9.63. The van der Waals surface area contributed by atoms with Gasteiger partial charge < -0.3 is 19.5 Å². The predicted molar refractivity (Wildman–Crippen MR) is 142 cm³/mol. The highest BCUT2D eigenvalue weighted by molar-refractivity contribution is 5.98. The van der Waals surface area contributed by atoms with Crippen LogP contribution in [0.2, 0.25) is 0 Å². The number of methoxy groups -OCH3 is 1. The molecule has 0 bridgehead atoms. The maximum Gasteiger partial charge on any atom is 0.270 e. The summed E-state index contributed by atoms with van der Waals surface area (Å²) in [4.78, 5) is 20.4. The molecule has 1 N–H and O–H groups in total. The normalized spacial score (nSPS) is 16.2. The molecule has 37 heavy (non-hydrogen) atoms. The molecule has 1 amide bonds. The number of hydrogen-bond donors (Lipinski definition) is 1. The Morgan fingerprint density at radius 3 is 2.76 bits per heavy atom. The Balaban J connectivity index is 1.61. The van der Waals surface area contributed by atoms with E-state index in [0.29, 0.717) is 48.3 Å². The van der Waals surface area contributed by atoms with Crippen LogP contribution in [-0.2, 0) is 11.3 Å². The minimum atomic E-state index is -0.333. The molecule has 2 aromatic carbocycles.